The first-order valence-corrected chi connectivity index (χ1v) is 28.6. The highest BCUT2D eigenvalue weighted by Gasteiger charge is 2.47. The molecule has 2 aromatic carbocycles. The number of hydrogen-bond donors (Lipinski definition) is 1. The molecule has 0 bridgehead atoms. The maximum atomic E-state index is 14.0. The molecular weight excluding hydrogens is 795 g/mol. The molecule has 1 saturated carbocycles. The smallest absolute Gasteiger partial charge is 0.340 e. The number of carbonyl (C=O) groups is 1. The van der Waals surface area contributed by atoms with E-state index in [1.165, 1.54) is 225 Å². The van der Waals surface area contributed by atoms with E-state index in [9.17, 15) is 13.2 Å². The minimum Gasteiger partial charge on any atom is -0.451 e. The Morgan fingerprint density at radius 1 is 0.365 bits per heavy atom. The molecule has 1 heterocycles. The van der Waals surface area contributed by atoms with E-state index in [1.54, 1.807) is 12.1 Å². The summed E-state index contributed by atoms with van der Waals surface area (Å²) < 4.78 is 31.0. The number of rotatable bonds is 3. The van der Waals surface area contributed by atoms with Crippen molar-refractivity contribution in [3.63, 3.8) is 0 Å². The van der Waals surface area contributed by atoms with E-state index in [4.69, 9.17) is 9.88 Å². The third-order valence-corrected chi connectivity index (χ3v) is 15.3. The number of carbonyl (C=O) groups excluding carboxylic acids is 1. The fourth-order valence-corrected chi connectivity index (χ4v) is 11.0. The van der Waals surface area contributed by atoms with Crippen molar-refractivity contribution in [3.05, 3.63) is 65.7 Å². The number of esters is 1. The van der Waals surface area contributed by atoms with Crippen LogP contribution in [0.25, 0.3) is 11.1 Å². The van der Waals surface area contributed by atoms with Crippen LogP contribution in [0.15, 0.2) is 59.5 Å². The highest BCUT2D eigenvalue weighted by atomic mass is 32.2. The first-order chi connectivity index (χ1) is 30.9. The minimum atomic E-state index is -3.84. The van der Waals surface area contributed by atoms with Gasteiger partial charge < -0.3 is 4.74 Å². The SMILES string of the molecule is NS(=O)(=O)c1ccc(C2=C(c3ccccc3)C(=O)OC23CCCCCCCCCCCCCCCCCCCCCCCCCCCCCCCCCCCCCCCCC3)cc1. The summed E-state index contributed by atoms with van der Waals surface area (Å²) in [6.07, 6.45) is 54.5. The zero-order valence-electron chi connectivity index (χ0n) is 40.3. The van der Waals surface area contributed by atoms with E-state index >= 15 is 0 Å². The molecule has 0 unspecified atom stereocenters. The van der Waals surface area contributed by atoms with Crippen LogP contribution in [0, 0.1) is 0 Å². The van der Waals surface area contributed by atoms with Crippen molar-refractivity contribution in [1.29, 1.82) is 0 Å². The van der Waals surface area contributed by atoms with Crippen LogP contribution < -0.4 is 5.14 Å². The van der Waals surface area contributed by atoms with Crippen LogP contribution in [0.3, 0.4) is 0 Å². The van der Waals surface area contributed by atoms with Crippen LogP contribution in [0.1, 0.15) is 274 Å². The van der Waals surface area contributed by atoms with Gasteiger partial charge in [-0.25, -0.2) is 18.4 Å². The Labute approximate surface area is 388 Å². The average Bonchev–Trinajstić information content (AvgIpc) is 3.57. The zero-order chi connectivity index (χ0) is 44.5. The van der Waals surface area contributed by atoms with Gasteiger partial charge >= 0.3 is 5.97 Å². The van der Waals surface area contributed by atoms with E-state index in [-0.39, 0.29) is 10.9 Å². The normalized spacial score (nSPS) is 22.0. The lowest BCUT2D eigenvalue weighted by Crippen LogP contribution is -2.32. The number of benzene rings is 2. The summed E-state index contributed by atoms with van der Waals surface area (Å²) in [7, 11) is -3.84. The minimum absolute atomic E-state index is 0.0767. The van der Waals surface area contributed by atoms with Gasteiger partial charge in [0.1, 0.15) is 5.60 Å². The van der Waals surface area contributed by atoms with Gasteiger partial charge in [-0.15, -0.1) is 0 Å². The molecule has 1 aliphatic heterocycles. The lowest BCUT2D eigenvalue weighted by molar-refractivity contribution is -0.145. The molecule has 0 amide bonds. The van der Waals surface area contributed by atoms with Crippen molar-refractivity contribution in [2.45, 2.75) is 274 Å². The van der Waals surface area contributed by atoms with E-state index in [2.05, 4.69) is 0 Å². The van der Waals surface area contributed by atoms with Crippen LogP contribution in [0.4, 0.5) is 0 Å². The Balaban J connectivity index is 1.29. The Hall–Kier alpha value is -2.44. The van der Waals surface area contributed by atoms with Crippen molar-refractivity contribution >= 4 is 27.1 Å². The van der Waals surface area contributed by atoms with Crippen molar-refractivity contribution in [3.8, 4) is 0 Å². The quantitative estimate of drug-likeness (QED) is 0.311. The number of nitrogens with two attached hydrogens (primary N) is 1. The molecule has 63 heavy (non-hydrogen) atoms. The van der Waals surface area contributed by atoms with E-state index in [0.717, 1.165) is 55.2 Å². The summed E-state index contributed by atoms with van der Waals surface area (Å²) in [4.78, 5) is 14.1. The van der Waals surface area contributed by atoms with Gasteiger partial charge in [0.25, 0.3) is 0 Å². The van der Waals surface area contributed by atoms with Gasteiger partial charge in [0, 0.05) is 5.57 Å². The highest BCUT2D eigenvalue weighted by molar-refractivity contribution is 7.89. The first-order valence-electron chi connectivity index (χ1n) is 27.1. The fourth-order valence-electron chi connectivity index (χ4n) is 10.5. The fraction of sp³-hybridized carbons (Fsp3) is 0.737. The van der Waals surface area contributed by atoms with Gasteiger partial charge in [0.2, 0.25) is 10.0 Å². The standard InChI is InChI=1S/C57H93NO4S/c58-63(60,61)53-47-45-52(46-48-53)55-54(51-43-39-38-40-44-51)56(59)62-57(55)49-41-36-34-32-30-28-26-24-22-20-18-16-14-12-10-8-6-4-2-1-3-5-7-9-11-13-15-17-19-21-23-25-27-29-31-33-35-37-42-50-57/h38-40,43-48H,1-37,41-42,49-50H2,(H2,58,60,61). The molecule has 6 heteroatoms. The summed E-state index contributed by atoms with van der Waals surface area (Å²) in [6.45, 7) is 0. The second-order valence-electron chi connectivity index (χ2n) is 19.9. The van der Waals surface area contributed by atoms with Gasteiger partial charge in [-0.3, -0.25) is 0 Å². The Morgan fingerprint density at radius 2 is 0.635 bits per heavy atom. The third kappa shape index (κ3) is 22.1. The Bertz CT molecular complexity index is 1560. The topological polar surface area (TPSA) is 86.5 Å². The van der Waals surface area contributed by atoms with Gasteiger partial charge in [-0.05, 0) is 48.9 Å². The molecule has 5 nitrogen and oxygen atoms in total. The van der Waals surface area contributed by atoms with E-state index in [0.29, 0.717) is 5.57 Å². The van der Waals surface area contributed by atoms with Gasteiger partial charge in [-0.1, -0.05) is 280 Å². The summed E-state index contributed by atoms with van der Waals surface area (Å²) in [5.41, 5.74) is 2.48. The van der Waals surface area contributed by atoms with Crippen molar-refractivity contribution < 1.29 is 17.9 Å². The molecule has 2 aliphatic rings. The highest BCUT2D eigenvalue weighted by Crippen LogP contribution is 2.49. The molecule has 356 valence electrons. The molecule has 2 N–H and O–H groups in total. The second-order valence-corrected chi connectivity index (χ2v) is 21.4. The summed E-state index contributed by atoms with van der Waals surface area (Å²) in [5.74, 6) is -0.270. The molecule has 4 rings (SSSR count). The third-order valence-electron chi connectivity index (χ3n) is 14.4. The monoisotopic (exact) mass is 888 g/mol. The van der Waals surface area contributed by atoms with Crippen molar-refractivity contribution in [2.75, 3.05) is 0 Å². The first kappa shape index (κ1) is 53.2. The lowest BCUT2D eigenvalue weighted by atomic mass is 9.78. The molecule has 0 saturated heterocycles. The van der Waals surface area contributed by atoms with Crippen LogP contribution in [0.2, 0.25) is 0 Å². The molecule has 1 fully saturated rings. The molecule has 1 spiro atoms. The number of ether oxygens (including phenoxy) is 1. The molecule has 0 aromatic heterocycles. The predicted molar refractivity (Wildman–Crippen MR) is 269 cm³/mol. The lowest BCUT2D eigenvalue weighted by Gasteiger charge is -2.32. The van der Waals surface area contributed by atoms with E-state index in [1.807, 2.05) is 42.5 Å². The van der Waals surface area contributed by atoms with Crippen LogP contribution in [-0.2, 0) is 19.6 Å². The summed E-state index contributed by atoms with van der Waals surface area (Å²) in [5, 5.41) is 5.50. The average molecular weight is 888 g/mol. The number of primary sulfonamides is 1. The van der Waals surface area contributed by atoms with Gasteiger partial charge in [0.05, 0.1) is 10.5 Å². The number of hydrogen-bond acceptors (Lipinski definition) is 4. The van der Waals surface area contributed by atoms with Gasteiger partial charge in [0.15, 0.2) is 0 Å². The molecule has 0 atom stereocenters. The van der Waals surface area contributed by atoms with Crippen molar-refractivity contribution in [2.24, 2.45) is 5.14 Å². The molecule has 1 aliphatic carbocycles. The van der Waals surface area contributed by atoms with Crippen molar-refractivity contribution in [1.82, 2.24) is 0 Å². The Morgan fingerprint density at radius 3 is 0.905 bits per heavy atom. The zero-order valence-corrected chi connectivity index (χ0v) is 41.1. The number of sulfonamides is 1. The largest absolute Gasteiger partial charge is 0.451 e. The molecule has 0 radical (unpaired) electrons. The molecule has 2 aromatic rings. The maximum absolute atomic E-state index is 14.0. The Kier molecular flexibility index (Phi) is 27.9. The van der Waals surface area contributed by atoms with E-state index < -0.39 is 15.6 Å². The predicted octanol–water partition coefficient (Wildman–Crippen LogP) is 17.5. The second kappa shape index (κ2) is 33.1. The van der Waals surface area contributed by atoms with Gasteiger partial charge in [-0.2, -0.15) is 0 Å². The maximum Gasteiger partial charge on any atom is 0.340 e. The van der Waals surface area contributed by atoms with Crippen LogP contribution >= 0.6 is 0 Å². The molecular formula is C57H93NO4S. The van der Waals surface area contributed by atoms with Crippen LogP contribution in [-0.4, -0.2) is 20.0 Å². The summed E-state index contributed by atoms with van der Waals surface area (Å²) in [6, 6.07) is 16.7. The summed E-state index contributed by atoms with van der Waals surface area (Å²) >= 11 is 0. The van der Waals surface area contributed by atoms with Crippen LogP contribution in [0.5, 0.6) is 0 Å².